The van der Waals surface area contributed by atoms with Gasteiger partial charge in [-0.25, -0.2) is 4.98 Å². The molecule has 1 aliphatic heterocycles. The third-order valence-corrected chi connectivity index (χ3v) is 3.38. The molecular formula is C10H12Cl2N2O2. The van der Waals surface area contributed by atoms with Gasteiger partial charge in [-0.3, -0.25) is 9.36 Å². The fraction of sp³-hybridized carbons (Fsp3) is 0.600. The maximum atomic E-state index is 11.7. The first-order valence-electron chi connectivity index (χ1n) is 5.20. The van der Waals surface area contributed by atoms with E-state index in [-0.39, 0.29) is 21.8 Å². The number of hydrogen-bond acceptors (Lipinski definition) is 3. The van der Waals surface area contributed by atoms with Gasteiger partial charge in [0.1, 0.15) is 5.02 Å². The molecule has 2 heterocycles. The van der Waals surface area contributed by atoms with Gasteiger partial charge in [-0.2, -0.15) is 0 Å². The second-order valence-electron chi connectivity index (χ2n) is 3.77. The van der Waals surface area contributed by atoms with E-state index in [1.165, 1.54) is 10.9 Å². The standard InChI is InChI=1S/C10H12Cl2N2O2/c11-8-9(12)13-6-14(10(8)15)4-3-7-2-1-5-16-7/h6-7H,1-5H2. The van der Waals surface area contributed by atoms with Gasteiger partial charge in [-0.15, -0.1) is 0 Å². The predicted octanol–water partition coefficient (Wildman–Crippen LogP) is 2.12. The van der Waals surface area contributed by atoms with Crippen LogP contribution in [0.3, 0.4) is 0 Å². The lowest BCUT2D eigenvalue weighted by Gasteiger charge is -2.10. The van der Waals surface area contributed by atoms with Crippen LogP contribution in [0.1, 0.15) is 19.3 Å². The summed E-state index contributed by atoms with van der Waals surface area (Å²) >= 11 is 11.4. The van der Waals surface area contributed by atoms with Gasteiger partial charge in [0.05, 0.1) is 12.4 Å². The van der Waals surface area contributed by atoms with Crippen molar-refractivity contribution < 1.29 is 4.74 Å². The highest BCUT2D eigenvalue weighted by Gasteiger charge is 2.16. The zero-order valence-electron chi connectivity index (χ0n) is 8.66. The summed E-state index contributed by atoms with van der Waals surface area (Å²) in [6, 6.07) is 0. The molecule has 0 aliphatic carbocycles. The minimum Gasteiger partial charge on any atom is -0.378 e. The molecule has 4 nitrogen and oxygen atoms in total. The Hall–Kier alpha value is -0.580. The number of halogens is 2. The van der Waals surface area contributed by atoms with Crippen molar-refractivity contribution in [3.05, 3.63) is 26.9 Å². The average Bonchev–Trinajstić information content (AvgIpc) is 2.78. The molecule has 1 unspecified atom stereocenters. The highest BCUT2D eigenvalue weighted by atomic mass is 35.5. The van der Waals surface area contributed by atoms with E-state index in [4.69, 9.17) is 27.9 Å². The summed E-state index contributed by atoms with van der Waals surface area (Å²) in [5, 5.41) is 0.0385. The Morgan fingerprint density at radius 3 is 3.06 bits per heavy atom. The van der Waals surface area contributed by atoms with Gasteiger partial charge in [-0.1, -0.05) is 23.2 Å². The smallest absolute Gasteiger partial charge is 0.273 e. The highest BCUT2D eigenvalue weighted by molar-refractivity contribution is 6.40. The topological polar surface area (TPSA) is 44.1 Å². The van der Waals surface area contributed by atoms with Crippen molar-refractivity contribution in [3.8, 4) is 0 Å². The Labute approximate surface area is 103 Å². The summed E-state index contributed by atoms with van der Waals surface area (Å²) in [4.78, 5) is 15.5. The fourth-order valence-electron chi connectivity index (χ4n) is 1.76. The maximum absolute atomic E-state index is 11.7. The number of nitrogens with zero attached hydrogens (tertiary/aromatic N) is 2. The molecule has 1 aliphatic rings. The maximum Gasteiger partial charge on any atom is 0.273 e. The Balaban J connectivity index is 2.04. The minimum atomic E-state index is -0.292. The van der Waals surface area contributed by atoms with E-state index in [0.29, 0.717) is 6.54 Å². The van der Waals surface area contributed by atoms with Crippen LogP contribution < -0.4 is 5.56 Å². The van der Waals surface area contributed by atoms with E-state index in [2.05, 4.69) is 4.98 Å². The molecule has 0 N–H and O–H groups in total. The lowest BCUT2D eigenvalue weighted by molar-refractivity contribution is 0.100. The van der Waals surface area contributed by atoms with Gasteiger partial charge >= 0.3 is 0 Å². The summed E-state index contributed by atoms with van der Waals surface area (Å²) < 4.78 is 6.94. The molecule has 0 spiro atoms. The SMILES string of the molecule is O=c1c(Cl)c(Cl)ncn1CCC1CCCO1. The lowest BCUT2D eigenvalue weighted by atomic mass is 10.2. The Kier molecular flexibility index (Phi) is 3.84. The molecule has 1 aromatic rings. The number of ether oxygens (including phenoxy) is 1. The highest BCUT2D eigenvalue weighted by Crippen LogP contribution is 2.16. The average molecular weight is 263 g/mol. The van der Waals surface area contributed by atoms with E-state index in [0.717, 1.165) is 25.9 Å². The van der Waals surface area contributed by atoms with Gasteiger partial charge in [0.2, 0.25) is 0 Å². The van der Waals surface area contributed by atoms with Gasteiger partial charge in [0, 0.05) is 13.2 Å². The summed E-state index contributed by atoms with van der Waals surface area (Å²) in [5.41, 5.74) is -0.292. The predicted molar refractivity (Wildman–Crippen MR) is 62.1 cm³/mol. The largest absolute Gasteiger partial charge is 0.378 e. The van der Waals surface area contributed by atoms with E-state index >= 15 is 0 Å². The quantitative estimate of drug-likeness (QED) is 0.784. The molecule has 1 atom stereocenters. The van der Waals surface area contributed by atoms with Gasteiger partial charge < -0.3 is 4.74 Å². The first kappa shape index (κ1) is 11.9. The van der Waals surface area contributed by atoms with Crippen LogP contribution in [0.15, 0.2) is 11.1 Å². The van der Waals surface area contributed by atoms with Gasteiger partial charge in [0.25, 0.3) is 5.56 Å². The lowest BCUT2D eigenvalue weighted by Crippen LogP contribution is -2.23. The molecular weight excluding hydrogens is 251 g/mol. The molecule has 88 valence electrons. The van der Waals surface area contributed by atoms with E-state index in [1.54, 1.807) is 0 Å². The van der Waals surface area contributed by atoms with Gasteiger partial charge in [0.15, 0.2) is 5.15 Å². The Morgan fingerprint density at radius 2 is 2.38 bits per heavy atom. The zero-order chi connectivity index (χ0) is 11.5. The Morgan fingerprint density at radius 1 is 1.56 bits per heavy atom. The van der Waals surface area contributed by atoms with Crippen molar-refractivity contribution in [3.63, 3.8) is 0 Å². The molecule has 0 saturated carbocycles. The van der Waals surface area contributed by atoms with Crippen LogP contribution in [0, 0.1) is 0 Å². The summed E-state index contributed by atoms with van der Waals surface area (Å²) in [7, 11) is 0. The molecule has 1 aromatic heterocycles. The zero-order valence-corrected chi connectivity index (χ0v) is 10.2. The number of aromatic nitrogens is 2. The van der Waals surface area contributed by atoms with E-state index < -0.39 is 0 Å². The molecule has 0 radical (unpaired) electrons. The third-order valence-electron chi connectivity index (χ3n) is 2.66. The van der Waals surface area contributed by atoms with Crippen LogP contribution in [-0.4, -0.2) is 22.3 Å². The van der Waals surface area contributed by atoms with Crippen molar-refractivity contribution in [1.82, 2.24) is 9.55 Å². The van der Waals surface area contributed by atoms with Crippen LogP contribution in [0.5, 0.6) is 0 Å². The van der Waals surface area contributed by atoms with Crippen LogP contribution >= 0.6 is 23.2 Å². The molecule has 0 bridgehead atoms. The minimum absolute atomic E-state index is 0.0171. The molecule has 0 aromatic carbocycles. The monoisotopic (exact) mass is 262 g/mol. The van der Waals surface area contributed by atoms with Crippen molar-refractivity contribution in [1.29, 1.82) is 0 Å². The van der Waals surface area contributed by atoms with Crippen LogP contribution in [0.4, 0.5) is 0 Å². The molecule has 2 rings (SSSR count). The third kappa shape index (κ3) is 2.56. The van der Waals surface area contributed by atoms with E-state index in [9.17, 15) is 4.79 Å². The second-order valence-corrected chi connectivity index (χ2v) is 4.51. The summed E-state index contributed by atoms with van der Waals surface area (Å²) in [5.74, 6) is 0. The van der Waals surface area contributed by atoms with Crippen molar-refractivity contribution in [2.75, 3.05) is 6.61 Å². The van der Waals surface area contributed by atoms with Crippen LogP contribution in [0.25, 0.3) is 0 Å². The van der Waals surface area contributed by atoms with E-state index in [1.807, 2.05) is 0 Å². The molecule has 1 fully saturated rings. The summed E-state index contributed by atoms with van der Waals surface area (Å²) in [6.07, 6.45) is 4.63. The molecule has 6 heteroatoms. The van der Waals surface area contributed by atoms with Gasteiger partial charge in [-0.05, 0) is 19.3 Å². The summed E-state index contributed by atoms with van der Waals surface area (Å²) in [6.45, 7) is 1.38. The second kappa shape index (κ2) is 5.17. The first-order chi connectivity index (χ1) is 7.68. The number of aryl methyl sites for hydroxylation is 1. The number of hydrogen-bond donors (Lipinski definition) is 0. The van der Waals surface area contributed by atoms with Crippen LogP contribution in [0.2, 0.25) is 10.2 Å². The fourth-order valence-corrected chi connectivity index (χ4v) is 2.04. The van der Waals surface area contributed by atoms with Crippen molar-refractivity contribution in [2.45, 2.75) is 31.9 Å². The molecule has 1 saturated heterocycles. The number of rotatable bonds is 3. The van der Waals surface area contributed by atoms with Crippen molar-refractivity contribution in [2.24, 2.45) is 0 Å². The first-order valence-corrected chi connectivity index (χ1v) is 5.96. The van der Waals surface area contributed by atoms with Crippen molar-refractivity contribution >= 4 is 23.2 Å². The van der Waals surface area contributed by atoms with Crippen LogP contribution in [-0.2, 0) is 11.3 Å². The Bertz CT molecular complexity index is 427. The molecule has 0 amide bonds. The normalized spacial score (nSPS) is 20.2. The molecule has 16 heavy (non-hydrogen) atoms.